The number of rotatable bonds is 3. The van der Waals surface area contributed by atoms with E-state index in [9.17, 15) is 8.78 Å². The van der Waals surface area contributed by atoms with Gasteiger partial charge in [0.15, 0.2) is 0 Å². The van der Waals surface area contributed by atoms with Gasteiger partial charge in [-0.15, -0.1) is 0 Å². The van der Waals surface area contributed by atoms with Gasteiger partial charge in [0.1, 0.15) is 0 Å². The van der Waals surface area contributed by atoms with Gasteiger partial charge in [-0.05, 0) is 6.07 Å². The minimum absolute atomic E-state index is 0.105. The predicted octanol–water partition coefficient (Wildman–Crippen LogP) is 2.79. The molecule has 0 saturated carbocycles. The van der Waals surface area contributed by atoms with Gasteiger partial charge >= 0.3 is 0 Å². The average Bonchev–Trinajstić information content (AvgIpc) is 2.26. The average molecular weight is 277 g/mol. The van der Waals surface area contributed by atoms with Crippen LogP contribution >= 0.6 is 15.9 Å². The number of nitriles is 1. The van der Waals surface area contributed by atoms with Gasteiger partial charge in [0.2, 0.25) is 5.88 Å². The second-order valence-electron chi connectivity index (χ2n) is 2.63. The van der Waals surface area contributed by atoms with E-state index in [1.807, 2.05) is 0 Å². The summed E-state index contributed by atoms with van der Waals surface area (Å²) in [6.07, 6.45) is -2.77. The maximum Gasteiger partial charge on any atom is 0.270 e. The molecule has 0 bridgehead atoms. The van der Waals surface area contributed by atoms with Crippen molar-refractivity contribution >= 4 is 15.9 Å². The van der Waals surface area contributed by atoms with E-state index in [0.717, 1.165) is 0 Å². The summed E-state index contributed by atoms with van der Waals surface area (Å²) in [4.78, 5) is 3.84. The Balaban J connectivity index is 3.41. The van der Waals surface area contributed by atoms with Gasteiger partial charge < -0.3 is 4.74 Å². The third kappa shape index (κ3) is 2.42. The number of methoxy groups -OCH3 is 1. The summed E-state index contributed by atoms with van der Waals surface area (Å²) in [5, 5.41) is 9.10. The summed E-state index contributed by atoms with van der Waals surface area (Å²) in [5.41, 5.74) is -0.0798. The number of nitrogens with zero attached hydrogens (tertiary/aromatic N) is 2. The van der Waals surface area contributed by atoms with Gasteiger partial charge in [0.05, 0.1) is 30.0 Å². The highest BCUT2D eigenvalue weighted by atomic mass is 79.9. The largest absolute Gasteiger partial charge is 0.481 e. The molecule has 0 aromatic carbocycles. The lowest BCUT2D eigenvalue weighted by molar-refractivity contribution is 0.145. The van der Waals surface area contributed by atoms with Gasteiger partial charge in [-0.3, -0.25) is 0 Å². The Hall–Kier alpha value is -1.22. The van der Waals surface area contributed by atoms with E-state index in [2.05, 4.69) is 20.9 Å². The fourth-order valence-electron chi connectivity index (χ4n) is 1.11. The van der Waals surface area contributed by atoms with Crippen molar-refractivity contribution in [1.29, 1.82) is 5.26 Å². The number of ether oxygens (including phenoxy) is 1. The van der Waals surface area contributed by atoms with E-state index in [4.69, 9.17) is 10.00 Å². The van der Waals surface area contributed by atoms with E-state index in [1.165, 1.54) is 13.2 Å². The van der Waals surface area contributed by atoms with Crippen molar-refractivity contribution in [3.05, 3.63) is 22.9 Å². The van der Waals surface area contributed by atoms with E-state index in [1.54, 1.807) is 6.07 Å². The second kappa shape index (κ2) is 5.03. The molecular weight excluding hydrogens is 270 g/mol. The van der Waals surface area contributed by atoms with Gasteiger partial charge in [0.25, 0.3) is 6.43 Å². The normalized spacial score (nSPS) is 10.1. The third-order valence-electron chi connectivity index (χ3n) is 1.75. The first-order valence-electron chi connectivity index (χ1n) is 3.96. The summed E-state index contributed by atoms with van der Waals surface area (Å²) < 4.78 is 30.0. The van der Waals surface area contributed by atoms with Crippen LogP contribution in [0.2, 0.25) is 0 Å². The van der Waals surface area contributed by atoms with Crippen LogP contribution in [0.3, 0.4) is 0 Å². The molecule has 0 unspecified atom stereocenters. The van der Waals surface area contributed by atoms with E-state index in [0.29, 0.717) is 11.0 Å². The molecule has 1 aromatic rings. The zero-order valence-corrected chi connectivity index (χ0v) is 9.38. The standard InChI is InChI=1S/C9H7BrF2N2O/c1-15-9-7(8(11)12)5(4-13)2-6(3-10)14-9/h2,8H,3H2,1H3. The second-order valence-corrected chi connectivity index (χ2v) is 3.19. The van der Waals surface area contributed by atoms with Crippen molar-refractivity contribution in [2.45, 2.75) is 11.8 Å². The summed E-state index contributed by atoms with van der Waals surface area (Å²) in [6, 6.07) is 3.02. The monoisotopic (exact) mass is 276 g/mol. The summed E-state index contributed by atoms with van der Waals surface area (Å²) in [7, 11) is 1.24. The number of pyridine rings is 1. The Morgan fingerprint density at radius 1 is 1.67 bits per heavy atom. The van der Waals surface area contributed by atoms with Crippen LogP contribution in [0, 0.1) is 11.3 Å². The van der Waals surface area contributed by atoms with Gasteiger partial charge in [-0.1, -0.05) is 15.9 Å². The number of halogens is 3. The van der Waals surface area contributed by atoms with Crippen LogP contribution in [-0.2, 0) is 5.33 Å². The highest BCUT2D eigenvalue weighted by molar-refractivity contribution is 9.08. The minimum atomic E-state index is -2.77. The molecule has 0 radical (unpaired) electrons. The fraction of sp³-hybridized carbons (Fsp3) is 0.333. The molecule has 1 rings (SSSR count). The fourth-order valence-corrected chi connectivity index (χ4v) is 1.40. The molecule has 0 saturated heterocycles. The van der Waals surface area contributed by atoms with Crippen molar-refractivity contribution in [3.8, 4) is 11.9 Å². The third-order valence-corrected chi connectivity index (χ3v) is 2.32. The Morgan fingerprint density at radius 3 is 2.73 bits per heavy atom. The van der Waals surface area contributed by atoms with Crippen molar-refractivity contribution in [3.63, 3.8) is 0 Å². The molecular formula is C9H7BrF2N2O. The highest BCUT2D eigenvalue weighted by Crippen LogP contribution is 2.31. The lowest BCUT2D eigenvalue weighted by atomic mass is 10.1. The first-order valence-corrected chi connectivity index (χ1v) is 5.08. The maximum atomic E-state index is 12.6. The van der Waals surface area contributed by atoms with E-state index < -0.39 is 12.0 Å². The SMILES string of the molecule is COc1nc(CBr)cc(C#N)c1C(F)F. The summed E-state index contributed by atoms with van der Waals surface area (Å²) in [6.45, 7) is 0. The smallest absolute Gasteiger partial charge is 0.270 e. The van der Waals surface area contributed by atoms with Crippen molar-refractivity contribution < 1.29 is 13.5 Å². The van der Waals surface area contributed by atoms with Crippen molar-refractivity contribution in [2.24, 2.45) is 0 Å². The van der Waals surface area contributed by atoms with Crippen LogP contribution in [0.25, 0.3) is 0 Å². The van der Waals surface area contributed by atoms with Crippen LogP contribution in [0.15, 0.2) is 6.07 Å². The molecule has 0 spiro atoms. The number of hydrogen-bond acceptors (Lipinski definition) is 3. The van der Waals surface area contributed by atoms with Crippen LogP contribution in [0.4, 0.5) is 8.78 Å². The zero-order valence-electron chi connectivity index (χ0n) is 7.80. The lowest BCUT2D eigenvalue weighted by Crippen LogP contribution is -2.02. The molecule has 0 aliphatic carbocycles. The van der Waals surface area contributed by atoms with Crippen LogP contribution < -0.4 is 4.74 Å². The molecule has 3 nitrogen and oxygen atoms in total. The van der Waals surface area contributed by atoms with Gasteiger partial charge in [0, 0.05) is 5.33 Å². The molecule has 0 amide bonds. The summed E-state index contributed by atoms with van der Waals surface area (Å²) >= 11 is 3.13. The summed E-state index contributed by atoms with van der Waals surface area (Å²) in [5.74, 6) is -0.196. The molecule has 0 N–H and O–H groups in total. The molecule has 0 aliphatic rings. The van der Waals surface area contributed by atoms with E-state index in [-0.39, 0.29) is 11.4 Å². The van der Waals surface area contributed by atoms with Crippen molar-refractivity contribution in [2.75, 3.05) is 7.11 Å². The topological polar surface area (TPSA) is 45.9 Å². The Kier molecular flexibility index (Phi) is 3.97. The Labute approximate surface area is 93.8 Å². The molecule has 1 aromatic heterocycles. The molecule has 0 atom stereocenters. The zero-order chi connectivity index (χ0) is 11.4. The van der Waals surface area contributed by atoms with Crippen LogP contribution in [-0.4, -0.2) is 12.1 Å². The highest BCUT2D eigenvalue weighted by Gasteiger charge is 2.21. The molecule has 15 heavy (non-hydrogen) atoms. The molecule has 1 heterocycles. The van der Waals surface area contributed by atoms with Crippen LogP contribution in [0.5, 0.6) is 5.88 Å². The number of aromatic nitrogens is 1. The molecule has 0 aliphatic heterocycles. The first kappa shape index (κ1) is 11.9. The Morgan fingerprint density at radius 2 is 2.33 bits per heavy atom. The maximum absolute atomic E-state index is 12.6. The molecule has 0 fully saturated rings. The number of hydrogen-bond donors (Lipinski definition) is 0. The first-order chi connectivity index (χ1) is 7.13. The molecule has 80 valence electrons. The lowest BCUT2D eigenvalue weighted by Gasteiger charge is -2.09. The Bertz CT molecular complexity index is 404. The quantitative estimate of drug-likeness (QED) is 0.798. The van der Waals surface area contributed by atoms with Crippen molar-refractivity contribution in [1.82, 2.24) is 4.98 Å². The minimum Gasteiger partial charge on any atom is -0.481 e. The molecule has 6 heteroatoms. The van der Waals surface area contributed by atoms with Crippen LogP contribution in [0.1, 0.15) is 23.2 Å². The van der Waals surface area contributed by atoms with Gasteiger partial charge in [-0.2, -0.15) is 5.26 Å². The number of alkyl halides is 3. The van der Waals surface area contributed by atoms with E-state index >= 15 is 0 Å². The predicted molar refractivity (Wildman–Crippen MR) is 53.1 cm³/mol. The van der Waals surface area contributed by atoms with Gasteiger partial charge in [-0.25, -0.2) is 13.8 Å².